The van der Waals surface area contributed by atoms with Crippen LogP contribution in [0.3, 0.4) is 0 Å². The first-order valence-electron chi connectivity index (χ1n) is 9.35. The largest absolute Gasteiger partial charge is 0.378 e. The van der Waals surface area contributed by atoms with Gasteiger partial charge in [0.25, 0.3) is 0 Å². The highest BCUT2D eigenvalue weighted by Gasteiger charge is 2.13. The Bertz CT molecular complexity index is 1010. The smallest absolute Gasteiger partial charge is 0.0973 e. The Kier molecular flexibility index (Phi) is 4.70. The van der Waals surface area contributed by atoms with E-state index >= 15 is 0 Å². The van der Waals surface area contributed by atoms with E-state index in [1.165, 1.54) is 0 Å². The summed E-state index contributed by atoms with van der Waals surface area (Å²) >= 11 is 0. The fraction of sp³-hybridized carbons (Fsp3) is 0.167. The van der Waals surface area contributed by atoms with E-state index in [2.05, 4.69) is 58.3 Å². The van der Waals surface area contributed by atoms with Crippen molar-refractivity contribution in [3.8, 4) is 22.5 Å². The first-order valence-corrected chi connectivity index (χ1v) is 9.35. The average molecular weight is 368 g/mol. The van der Waals surface area contributed by atoms with Crippen molar-refractivity contribution in [1.82, 2.24) is 9.97 Å². The maximum Gasteiger partial charge on any atom is 0.0973 e. The lowest BCUT2D eigenvalue weighted by Gasteiger charge is -2.15. The van der Waals surface area contributed by atoms with Gasteiger partial charge in [-0.15, -0.1) is 0 Å². The summed E-state index contributed by atoms with van der Waals surface area (Å²) in [5.41, 5.74) is 8.07. The molecule has 0 spiro atoms. The van der Waals surface area contributed by atoms with Crippen LogP contribution in [0.2, 0.25) is 0 Å². The fourth-order valence-electron chi connectivity index (χ4n) is 3.24. The van der Waals surface area contributed by atoms with E-state index in [4.69, 9.17) is 9.97 Å². The van der Waals surface area contributed by atoms with E-state index < -0.39 is 0 Å². The third kappa shape index (κ3) is 3.41. The molecule has 0 atom stereocenters. The summed E-state index contributed by atoms with van der Waals surface area (Å²) in [4.78, 5) is 14.1. The SMILES string of the molecule is CN(C)c1ccc(-c2nc3ccccc3nc2-c2ccc(N(C)C)cc2)cc1. The number of rotatable bonds is 4. The molecule has 1 heterocycles. The molecule has 0 unspecified atom stereocenters. The molecule has 0 saturated carbocycles. The van der Waals surface area contributed by atoms with Gasteiger partial charge in [0, 0.05) is 50.7 Å². The number of hydrogen-bond donors (Lipinski definition) is 0. The predicted octanol–water partition coefficient (Wildman–Crippen LogP) is 5.10. The van der Waals surface area contributed by atoms with Crippen LogP contribution in [0, 0.1) is 0 Å². The van der Waals surface area contributed by atoms with Crippen molar-refractivity contribution in [1.29, 1.82) is 0 Å². The van der Waals surface area contributed by atoms with Gasteiger partial charge in [-0.25, -0.2) is 9.97 Å². The van der Waals surface area contributed by atoms with Crippen molar-refractivity contribution < 1.29 is 0 Å². The minimum Gasteiger partial charge on any atom is -0.378 e. The lowest BCUT2D eigenvalue weighted by atomic mass is 10.0. The highest BCUT2D eigenvalue weighted by molar-refractivity contribution is 5.86. The number of fused-ring (bicyclic) bond motifs is 1. The Morgan fingerprint density at radius 1 is 0.500 bits per heavy atom. The number of anilines is 2. The zero-order valence-electron chi connectivity index (χ0n) is 16.7. The second kappa shape index (κ2) is 7.31. The number of benzene rings is 3. The molecule has 0 radical (unpaired) electrons. The zero-order valence-corrected chi connectivity index (χ0v) is 16.7. The van der Waals surface area contributed by atoms with Crippen molar-refractivity contribution in [3.63, 3.8) is 0 Å². The molecule has 1 aromatic heterocycles. The maximum atomic E-state index is 4.97. The molecular formula is C24H24N4. The monoisotopic (exact) mass is 368 g/mol. The fourth-order valence-corrected chi connectivity index (χ4v) is 3.24. The van der Waals surface area contributed by atoms with Crippen molar-refractivity contribution in [2.45, 2.75) is 0 Å². The molecule has 0 saturated heterocycles. The van der Waals surface area contributed by atoms with Crippen LogP contribution >= 0.6 is 0 Å². The Morgan fingerprint density at radius 2 is 0.857 bits per heavy atom. The van der Waals surface area contributed by atoms with Crippen LogP contribution in [0.1, 0.15) is 0 Å². The highest BCUT2D eigenvalue weighted by Crippen LogP contribution is 2.32. The predicted molar refractivity (Wildman–Crippen MR) is 119 cm³/mol. The summed E-state index contributed by atoms with van der Waals surface area (Å²) in [6.45, 7) is 0. The van der Waals surface area contributed by atoms with Gasteiger partial charge in [-0.3, -0.25) is 0 Å². The average Bonchev–Trinajstić information content (AvgIpc) is 2.73. The van der Waals surface area contributed by atoms with Crippen molar-refractivity contribution in [3.05, 3.63) is 72.8 Å². The second-order valence-electron chi connectivity index (χ2n) is 7.29. The molecule has 4 rings (SSSR count). The molecule has 4 nitrogen and oxygen atoms in total. The van der Waals surface area contributed by atoms with E-state index in [0.29, 0.717) is 0 Å². The van der Waals surface area contributed by atoms with Gasteiger partial charge in [0.1, 0.15) is 0 Å². The minimum atomic E-state index is 0.904. The molecule has 0 bridgehead atoms. The Labute approximate surface area is 166 Å². The molecule has 140 valence electrons. The Hall–Kier alpha value is -3.40. The van der Waals surface area contributed by atoms with Crippen LogP contribution in [0.15, 0.2) is 72.8 Å². The van der Waals surface area contributed by atoms with E-state index in [9.17, 15) is 0 Å². The van der Waals surface area contributed by atoms with Gasteiger partial charge in [-0.2, -0.15) is 0 Å². The number of nitrogens with zero attached hydrogens (tertiary/aromatic N) is 4. The molecule has 0 amide bonds. The summed E-state index contributed by atoms with van der Waals surface area (Å²) < 4.78 is 0. The molecule has 0 aliphatic heterocycles. The van der Waals surface area contributed by atoms with Gasteiger partial charge in [0.05, 0.1) is 22.4 Å². The summed E-state index contributed by atoms with van der Waals surface area (Å²) in [6, 6.07) is 25.0. The number of hydrogen-bond acceptors (Lipinski definition) is 4. The lowest BCUT2D eigenvalue weighted by Crippen LogP contribution is -2.08. The van der Waals surface area contributed by atoms with Crippen LogP contribution in [0.4, 0.5) is 11.4 Å². The molecule has 0 aliphatic carbocycles. The van der Waals surface area contributed by atoms with Crippen molar-refractivity contribution in [2.75, 3.05) is 38.0 Å². The number of aromatic nitrogens is 2. The summed E-state index contributed by atoms with van der Waals surface area (Å²) in [7, 11) is 8.18. The lowest BCUT2D eigenvalue weighted by molar-refractivity contribution is 1.13. The Balaban J connectivity index is 1.89. The molecule has 0 fully saturated rings. The van der Waals surface area contributed by atoms with Gasteiger partial charge in [0.2, 0.25) is 0 Å². The number of para-hydroxylation sites is 2. The van der Waals surface area contributed by atoms with Crippen LogP contribution in [0.5, 0.6) is 0 Å². The summed E-state index contributed by atoms with van der Waals surface area (Å²) in [6.07, 6.45) is 0. The second-order valence-corrected chi connectivity index (χ2v) is 7.29. The molecule has 4 heteroatoms. The molecule has 3 aromatic carbocycles. The van der Waals surface area contributed by atoms with Gasteiger partial charge in [-0.1, -0.05) is 36.4 Å². The normalized spacial score (nSPS) is 10.9. The highest BCUT2D eigenvalue weighted by atomic mass is 15.1. The van der Waals surface area contributed by atoms with E-state index in [0.717, 1.165) is 44.9 Å². The van der Waals surface area contributed by atoms with Crippen LogP contribution in [-0.4, -0.2) is 38.2 Å². The first-order chi connectivity index (χ1) is 13.5. The van der Waals surface area contributed by atoms with E-state index in [1.54, 1.807) is 0 Å². The van der Waals surface area contributed by atoms with Crippen molar-refractivity contribution in [2.24, 2.45) is 0 Å². The third-order valence-electron chi connectivity index (χ3n) is 4.88. The molecule has 0 aliphatic rings. The summed E-state index contributed by atoms with van der Waals surface area (Å²) in [5.74, 6) is 0. The van der Waals surface area contributed by atoms with Crippen LogP contribution < -0.4 is 9.80 Å². The third-order valence-corrected chi connectivity index (χ3v) is 4.88. The van der Waals surface area contributed by atoms with Gasteiger partial charge in [-0.05, 0) is 36.4 Å². The minimum absolute atomic E-state index is 0.904. The van der Waals surface area contributed by atoms with Crippen molar-refractivity contribution >= 4 is 22.4 Å². The maximum absolute atomic E-state index is 4.97. The standard InChI is InChI=1S/C24H24N4/c1-27(2)19-13-9-17(10-14-19)23-24(18-11-15-20(16-12-18)28(3)4)26-22-8-6-5-7-21(22)25-23/h5-16H,1-4H3. The Morgan fingerprint density at radius 3 is 1.18 bits per heavy atom. The summed E-state index contributed by atoms with van der Waals surface area (Å²) in [5, 5.41) is 0. The topological polar surface area (TPSA) is 32.3 Å². The van der Waals surface area contributed by atoms with Gasteiger partial charge < -0.3 is 9.80 Å². The van der Waals surface area contributed by atoms with E-state index in [1.807, 2.05) is 52.5 Å². The van der Waals surface area contributed by atoms with Gasteiger partial charge >= 0.3 is 0 Å². The molecule has 4 aromatic rings. The van der Waals surface area contributed by atoms with Crippen LogP contribution in [-0.2, 0) is 0 Å². The quantitative estimate of drug-likeness (QED) is 0.502. The molecule has 0 N–H and O–H groups in total. The molecule has 28 heavy (non-hydrogen) atoms. The zero-order chi connectivity index (χ0) is 19.7. The van der Waals surface area contributed by atoms with Gasteiger partial charge in [0.15, 0.2) is 0 Å². The van der Waals surface area contributed by atoms with Crippen LogP contribution in [0.25, 0.3) is 33.5 Å². The van der Waals surface area contributed by atoms with E-state index in [-0.39, 0.29) is 0 Å². The molecular weight excluding hydrogens is 344 g/mol. The first kappa shape index (κ1) is 18.0.